The number of thiazole rings is 1. The highest BCUT2D eigenvalue weighted by atomic mass is 35.5. The van der Waals surface area contributed by atoms with E-state index in [1.165, 1.54) is 21.2 Å². The second-order valence-electron chi connectivity index (χ2n) is 9.34. The number of thioether (sulfide) groups is 1. The van der Waals surface area contributed by atoms with Crippen LogP contribution in [0.4, 0.5) is 11.4 Å². The number of aromatic nitrogens is 1. The third kappa shape index (κ3) is 4.61. The van der Waals surface area contributed by atoms with Gasteiger partial charge in [-0.2, -0.15) is 0 Å². The van der Waals surface area contributed by atoms with Gasteiger partial charge in [0.1, 0.15) is 17.5 Å². The van der Waals surface area contributed by atoms with Gasteiger partial charge in [-0.15, -0.1) is 0 Å². The minimum atomic E-state index is -0.758. The van der Waals surface area contributed by atoms with Crippen molar-refractivity contribution in [3.63, 3.8) is 0 Å². The number of carbonyl (C=O) groups is 3. The van der Waals surface area contributed by atoms with Crippen LogP contribution < -0.4 is 19.8 Å². The molecule has 6 rings (SSSR count). The average Bonchev–Trinajstić information content (AvgIpc) is 3.41. The van der Waals surface area contributed by atoms with Crippen LogP contribution in [-0.4, -0.2) is 34.6 Å². The Morgan fingerprint density at radius 1 is 0.950 bits per heavy atom. The van der Waals surface area contributed by atoms with Crippen molar-refractivity contribution in [1.29, 1.82) is 0 Å². The Kier molecular flexibility index (Phi) is 6.99. The molecule has 11 heteroatoms. The zero-order chi connectivity index (χ0) is 28.0. The lowest BCUT2D eigenvalue weighted by atomic mass is 9.83. The number of para-hydroxylation sites is 1. The fraction of sp³-hybridized carbons (Fsp3) is 0.172. The van der Waals surface area contributed by atoms with Gasteiger partial charge >= 0.3 is 4.87 Å². The largest absolute Gasteiger partial charge is 0.497 e. The molecule has 0 spiro atoms. The van der Waals surface area contributed by atoms with Crippen LogP contribution in [-0.2, 0) is 20.9 Å². The summed E-state index contributed by atoms with van der Waals surface area (Å²) in [6.07, 6.45) is 0. The molecule has 0 bridgehead atoms. The zero-order valence-electron chi connectivity index (χ0n) is 21.1. The quantitative estimate of drug-likeness (QED) is 0.317. The first kappa shape index (κ1) is 26.4. The molecule has 8 nitrogen and oxygen atoms in total. The van der Waals surface area contributed by atoms with Gasteiger partial charge in [-0.25, -0.2) is 4.90 Å². The summed E-state index contributed by atoms with van der Waals surface area (Å²) in [5, 5.41) is 3.09. The SMILES string of the molecule is COc1ccc([C@H]2c3sc(=O)n(CC(=O)Nc4ccc(Cl)cc4)c3SC3C(=O)N(c4ccccc4)C(=O)C32)cc1. The smallest absolute Gasteiger partial charge is 0.308 e. The molecule has 40 heavy (non-hydrogen) atoms. The lowest BCUT2D eigenvalue weighted by Gasteiger charge is -2.30. The molecule has 3 atom stereocenters. The molecule has 1 aromatic heterocycles. The number of rotatable bonds is 6. The van der Waals surface area contributed by atoms with Crippen molar-refractivity contribution in [2.45, 2.75) is 22.7 Å². The molecule has 1 N–H and O–H groups in total. The van der Waals surface area contributed by atoms with Crippen LogP contribution in [0.1, 0.15) is 16.4 Å². The van der Waals surface area contributed by atoms with E-state index in [1.807, 2.05) is 18.2 Å². The number of methoxy groups -OCH3 is 1. The Balaban J connectivity index is 1.41. The number of hydrogen-bond donors (Lipinski definition) is 1. The van der Waals surface area contributed by atoms with E-state index in [9.17, 15) is 19.2 Å². The fourth-order valence-electron chi connectivity index (χ4n) is 5.13. The summed E-state index contributed by atoms with van der Waals surface area (Å²) in [6, 6.07) is 22.8. The lowest BCUT2D eigenvalue weighted by molar-refractivity contribution is -0.122. The van der Waals surface area contributed by atoms with Gasteiger partial charge in [-0.3, -0.25) is 23.7 Å². The van der Waals surface area contributed by atoms with Crippen molar-refractivity contribution in [2.75, 3.05) is 17.3 Å². The number of imide groups is 1. The maximum atomic E-state index is 13.9. The molecule has 1 fully saturated rings. The lowest BCUT2D eigenvalue weighted by Crippen LogP contribution is -2.33. The molecule has 3 heterocycles. The van der Waals surface area contributed by atoms with Crippen molar-refractivity contribution in [1.82, 2.24) is 4.57 Å². The maximum absolute atomic E-state index is 13.9. The maximum Gasteiger partial charge on any atom is 0.308 e. The Labute approximate surface area is 242 Å². The summed E-state index contributed by atoms with van der Waals surface area (Å²) < 4.78 is 6.71. The summed E-state index contributed by atoms with van der Waals surface area (Å²) in [4.78, 5) is 55.4. The number of hydrogen-bond acceptors (Lipinski definition) is 7. The van der Waals surface area contributed by atoms with Crippen LogP contribution >= 0.6 is 34.7 Å². The van der Waals surface area contributed by atoms with E-state index in [0.717, 1.165) is 16.9 Å². The van der Waals surface area contributed by atoms with Crippen molar-refractivity contribution in [3.8, 4) is 5.75 Å². The second-order valence-corrected chi connectivity index (χ2v) is 11.9. The van der Waals surface area contributed by atoms with Gasteiger partial charge in [0.2, 0.25) is 17.7 Å². The molecule has 0 aliphatic carbocycles. The highest BCUT2D eigenvalue weighted by molar-refractivity contribution is 8.00. The van der Waals surface area contributed by atoms with Crippen LogP contribution in [0.3, 0.4) is 0 Å². The minimum Gasteiger partial charge on any atom is -0.497 e. The first-order chi connectivity index (χ1) is 19.4. The van der Waals surface area contributed by atoms with Gasteiger partial charge < -0.3 is 10.1 Å². The Morgan fingerprint density at radius 3 is 2.33 bits per heavy atom. The normalized spacial score (nSPS) is 19.8. The summed E-state index contributed by atoms with van der Waals surface area (Å²) in [5.41, 5.74) is 1.84. The molecular formula is C29H22ClN3O5S2. The van der Waals surface area contributed by atoms with E-state index >= 15 is 0 Å². The number of fused-ring (bicyclic) bond motifs is 2. The third-order valence-corrected chi connectivity index (χ3v) is 9.82. The van der Waals surface area contributed by atoms with Crippen molar-refractivity contribution in [2.24, 2.45) is 5.92 Å². The topological polar surface area (TPSA) is 97.7 Å². The van der Waals surface area contributed by atoms with Gasteiger partial charge in [0, 0.05) is 21.5 Å². The molecule has 2 aliphatic heterocycles. The van der Waals surface area contributed by atoms with Crippen LogP contribution in [0, 0.1) is 5.92 Å². The molecule has 0 saturated carbocycles. The van der Waals surface area contributed by atoms with E-state index in [4.69, 9.17) is 16.3 Å². The highest BCUT2D eigenvalue weighted by Gasteiger charge is 2.56. The average molecular weight is 592 g/mol. The van der Waals surface area contributed by atoms with Gasteiger partial charge in [-0.05, 0) is 54.1 Å². The van der Waals surface area contributed by atoms with Crippen molar-refractivity contribution in [3.05, 3.63) is 104 Å². The zero-order valence-corrected chi connectivity index (χ0v) is 23.5. The van der Waals surface area contributed by atoms with Crippen LogP contribution in [0.15, 0.2) is 88.7 Å². The fourth-order valence-corrected chi connectivity index (χ4v) is 8.03. The van der Waals surface area contributed by atoms with E-state index in [1.54, 1.807) is 67.8 Å². The number of anilines is 2. The highest BCUT2D eigenvalue weighted by Crippen LogP contribution is 2.54. The second kappa shape index (κ2) is 10.6. The first-order valence-corrected chi connectivity index (χ1v) is 14.5. The molecule has 2 aliphatic rings. The number of nitrogens with zero attached hydrogens (tertiary/aromatic N) is 2. The molecule has 0 radical (unpaired) electrons. The van der Waals surface area contributed by atoms with Gasteiger partial charge in [0.25, 0.3) is 0 Å². The van der Waals surface area contributed by atoms with Crippen molar-refractivity contribution < 1.29 is 19.1 Å². The molecule has 202 valence electrons. The molecular weight excluding hydrogens is 570 g/mol. The number of halogens is 1. The predicted octanol–water partition coefficient (Wildman–Crippen LogP) is 5.01. The summed E-state index contributed by atoms with van der Waals surface area (Å²) in [5.74, 6) is -1.66. The van der Waals surface area contributed by atoms with Gasteiger partial charge in [-0.1, -0.05) is 65.0 Å². The Morgan fingerprint density at radius 2 is 1.65 bits per heavy atom. The molecule has 3 aromatic carbocycles. The number of benzene rings is 3. The molecule has 2 unspecified atom stereocenters. The standard InChI is InChI=1S/C29H22ClN3O5S2/c1-38-20-13-7-16(8-14-20)22-23-24(27(36)33(26(23)35)19-5-3-2-4-6-19)39-28-25(22)40-29(37)32(28)15-21(34)31-18-11-9-17(30)10-12-18/h2-14,22-24H,15H2,1H3,(H,31,34)/t22-,23?,24?/m1/s1. The molecule has 1 saturated heterocycles. The summed E-state index contributed by atoms with van der Waals surface area (Å²) >= 11 is 8.12. The van der Waals surface area contributed by atoms with Crippen molar-refractivity contribution >= 4 is 63.8 Å². The van der Waals surface area contributed by atoms with Crippen LogP contribution in [0.2, 0.25) is 5.02 Å². The van der Waals surface area contributed by atoms with Crippen LogP contribution in [0.25, 0.3) is 0 Å². The van der Waals surface area contributed by atoms with Gasteiger partial charge in [0.05, 0.1) is 23.7 Å². The van der Waals surface area contributed by atoms with E-state index in [-0.39, 0.29) is 23.2 Å². The Bertz CT molecular complexity index is 1670. The first-order valence-electron chi connectivity index (χ1n) is 12.4. The number of ether oxygens (including phenoxy) is 1. The number of carbonyl (C=O) groups excluding carboxylic acids is 3. The van der Waals surface area contributed by atoms with E-state index < -0.39 is 23.0 Å². The summed E-state index contributed by atoms with van der Waals surface area (Å²) in [6.45, 7) is -0.239. The third-order valence-electron chi connectivity index (χ3n) is 6.97. The number of amides is 3. The summed E-state index contributed by atoms with van der Waals surface area (Å²) in [7, 11) is 1.57. The predicted molar refractivity (Wildman–Crippen MR) is 156 cm³/mol. The van der Waals surface area contributed by atoms with E-state index in [0.29, 0.717) is 32.1 Å². The van der Waals surface area contributed by atoms with Crippen LogP contribution in [0.5, 0.6) is 5.75 Å². The van der Waals surface area contributed by atoms with E-state index in [2.05, 4.69) is 5.32 Å². The van der Waals surface area contributed by atoms with Gasteiger partial charge in [0.15, 0.2) is 0 Å². The minimum absolute atomic E-state index is 0.239. The molecule has 3 amide bonds. The monoisotopic (exact) mass is 591 g/mol. The number of nitrogens with one attached hydrogen (secondary N) is 1. The Hall–Kier alpha value is -3.86. The molecule has 4 aromatic rings.